The van der Waals surface area contributed by atoms with Gasteiger partial charge in [0, 0.05) is 18.9 Å². The molecule has 1 atom stereocenters. The first-order valence-electron chi connectivity index (χ1n) is 8.62. The van der Waals surface area contributed by atoms with Gasteiger partial charge in [0.25, 0.3) is 5.91 Å². The molecule has 0 bridgehead atoms. The minimum absolute atomic E-state index is 0.0642. The van der Waals surface area contributed by atoms with Crippen molar-refractivity contribution in [2.24, 2.45) is 0 Å². The van der Waals surface area contributed by atoms with E-state index in [1.54, 1.807) is 12.4 Å². The van der Waals surface area contributed by atoms with Crippen molar-refractivity contribution in [2.45, 2.75) is 32.4 Å². The summed E-state index contributed by atoms with van der Waals surface area (Å²) in [5.74, 6) is 0.0642. The molecule has 0 spiro atoms. The van der Waals surface area contributed by atoms with Gasteiger partial charge in [0.1, 0.15) is 0 Å². The molecule has 2 aromatic heterocycles. The van der Waals surface area contributed by atoms with Gasteiger partial charge in [-0.1, -0.05) is 18.2 Å². The van der Waals surface area contributed by atoms with Gasteiger partial charge in [0.05, 0.1) is 35.7 Å². The minimum Gasteiger partial charge on any atom is -0.334 e. The van der Waals surface area contributed by atoms with E-state index in [2.05, 4.69) is 10.2 Å². The second kappa shape index (κ2) is 6.55. The summed E-state index contributed by atoms with van der Waals surface area (Å²) < 4.78 is 3.72. The van der Waals surface area contributed by atoms with Gasteiger partial charge in [0.2, 0.25) is 0 Å². The van der Waals surface area contributed by atoms with Gasteiger partial charge in [-0.25, -0.2) is 4.68 Å². The normalized spacial score (nSPS) is 17.2. The highest BCUT2D eigenvalue weighted by molar-refractivity contribution is 5.95. The number of nitrogens with zero attached hydrogens (tertiary/aromatic N) is 5. The van der Waals surface area contributed by atoms with Crippen molar-refractivity contribution in [2.75, 3.05) is 6.54 Å². The standard InChI is InChI=1S/C19H21N5O/c1-15-18(13-21-24(15)16-7-3-2-4-8-16)19(25)23-12-5-9-17(23)14-22-11-6-10-20-22/h2-4,6-8,10-11,13,17H,5,9,12,14H2,1H3. The third-order valence-corrected chi connectivity index (χ3v) is 4.84. The van der Waals surface area contributed by atoms with Crippen LogP contribution in [0.4, 0.5) is 0 Å². The summed E-state index contributed by atoms with van der Waals surface area (Å²) in [7, 11) is 0. The fourth-order valence-electron chi connectivity index (χ4n) is 3.52. The Balaban J connectivity index is 1.57. The van der Waals surface area contributed by atoms with Crippen molar-refractivity contribution in [3.63, 3.8) is 0 Å². The molecule has 6 heteroatoms. The van der Waals surface area contributed by atoms with Crippen molar-refractivity contribution in [1.29, 1.82) is 0 Å². The monoisotopic (exact) mass is 335 g/mol. The Kier molecular flexibility index (Phi) is 4.09. The lowest BCUT2D eigenvalue weighted by Gasteiger charge is -2.24. The fourth-order valence-corrected chi connectivity index (χ4v) is 3.52. The molecule has 1 aliphatic rings. The second-order valence-corrected chi connectivity index (χ2v) is 6.41. The van der Waals surface area contributed by atoms with Gasteiger partial charge in [-0.05, 0) is 38.0 Å². The number of aromatic nitrogens is 4. The first kappa shape index (κ1) is 15.6. The van der Waals surface area contributed by atoms with Crippen LogP contribution in [-0.4, -0.2) is 43.0 Å². The van der Waals surface area contributed by atoms with Crippen LogP contribution in [-0.2, 0) is 6.54 Å². The van der Waals surface area contributed by atoms with E-state index >= 15 is 0 Å². The van der Waals surface area contributed by atoms with E-state index in [-0.39, 0.29) is 11.9 Å². The molecule has 1 aromatic carbocycles. The van der Waals surface area contributed by atoms with Gasteiger partial charge in [0.15, 0.2) is 0 Å². The molecule has 3 aromatic rings. The van der Waals surface area contributed by atoms with Gasteiger partial charge in [-0.15, -0.1) is 0 Å². The summed E-state index contributed by atoms with van der Waals surface area (Å²) in [5.41, 5.74) is 2.52. The summed E-state index contributed by atoms with van der Waals surface area (Å²) in [6, 6.07) is 12.0. The summed E-state index contributed by atoms with van der Waals surface area (Å²) in [5, 5.41) is 8.70. The molecule has 128 valence electrons. The Morgan fingerprint density at radius 3 is 2.80 bits per heavy atom. The van der Waals surface area contributed by atoms with Crippen LogP contribution in [0.2, 0.25) is 0 Å². The maximum atomic E-state index is 13.1. The Hall–Kier alpha value is -2.89. The van der Waals surface area contributed by atoms with Crippen molar-refractivity contribution in [3.05, 3.63) is 66.2 Å². The number of carbonyl (C=O) groups excluding carboxylic acids is 1. The lowest BCUT2D eigenvalue weighted by molar-refractivity contribution is 0.0721. The molecule has 0 saturated carbocycles. The summed E-state index contributed by atoms with van der Waals surface area (Å²) in [6.45, 7) is 3.48. The van der Waals surface area contributed by atoms with E-state index in [4.69, 9.17) is 0 Å². The molecule has 0 aliphatic carbocycles. The fraction of sp³-hybridized carbons (Fsp3) is 0.316. The SMILES string of the molecule is Cc1c(C(=O)N2CCCC2Cn2cccn2)cnn1-c1ccccc1. The number of para-hydroxylation sites is 1. The molecule has 1 amide bonds. The third kappa shape index (κ3) is 2.95. The molecule has 4 rings (SSSR count). The van der Waals surface area contributed by atoms with E-state index < -0.39 is 0 Å². The Labute approximate surface area is 146 Å². The Morgan fingerprint density at radius 1 is 1.20 bits per heavy atom. The van der Waals surface area contributed by atoms with E-state index in [1.165, 1.54) is 0 Å². The highest BCUT2D eigenvalue weighted by Gasteiger charge is 2.31. The van der Waals surface area contributed by atoms with Gasteiger partial charge in [-0.3, -0.25) is 9.48 Å². The largest absolute Gasteiger partial charge is 0.334 e. The number of carbonyl (C=O) groups is 1. The van der Waals surface area contributed by atoms with Gasteiger partial charge >= 0.3 is 0 Å². The average molecular weight is 335 g/mol. The molecular weight excluding hydrogens is 314 g/mol. The molecule has 1 unspecified atom stereocenters. The van der Waals surface area contributed by atoms with Crippen LogP contribution < -0.4 is 0 Å². The maximum Gasteiger partial charge on any atom is 0.257 e. The van der Waals surface area contributed by atoms with Gasteiger partial charge in [-0.2, -0.15) is 10.2 Å². The molecular formula is C19H21N5O. The molecule has 3 heterocycles. The topological polar surface area (TPSA) is 56.0 Å². The molecule has 1 saturated heterocycles. The van der Waals surface area contributed by atoms with E-state index in [0.29, 0.717) is 5.56 Å². The zero-order valence-electron chi connectivity index (χ0n) is 14.2. The number of hydrogen-bond donors (Lipinski definition) is 0. The lowest BCUT2D eigenvalue weighted by Crippen LogP contribution is -2.38. The smallest absolute Gasteiger partial charge is 0.257 e. The highest BCUT2D eigenvalue weighted by Crippen LogP contribution is 2.23. The summed E-state index contributed by atoms with van der Waals surface area (Å²) >= 11 is 0. The highest BCUT2D eigenvalue weighted by atomic mass is 16.2. The van der Waals surface area contributed by atoms with Crippen LogP contribution in [0.3, 0.4) is 0 Å². The van der Waals surface area contributed by atoms with Crippen LogP contribution in [0.1, 0.15) is 28.9 Å². The molecule has 6 nitrogen and oxygen atoms in total. The zero-order valence-corrected chi connectivity index (χ0v) is 14.2. The zero-order chi connectivity index (χ0) is 17.2. The minimum atomic E-state index is 0.0642. The predicted molar refractivity (Wildman–Crippen MR) is 94.6 cm³/mol. The third-order valence-electron chi connectivity index (χ3n) is 4.84. The Bertz CT molecular complexity index is 853. The lowest BCUT2D eigenvalue weighted by atomic mass is 10.2. The van der Waals surface area contributed by atoms with Crippen molar-refractivity contribution >= 4 is 5.91 Å². The molecule has 0 radical (unpaired) electrons. The van der Waals surface area contributed by atoms with Crippen molar-refractivity contribution in [1.82, 2.24) is 24.5 Å². The number of benzene rings is 1. The molecule has 25 heavy (non-hydrogen) atoms. The van der Waals surface area contributed by atoms with E-state index in [1.807, 2.05) is 63.8 Å². The van der Waals surface area contributed by atoms with Crippen molar-refractivity contribution in [3.8, 4) is 5.69 Å². The summed E-state index contributed by atoms with van der Waals surface area (Å²) in [4.78, 5) is 15.1. The van der Waals surface area contributed by atoms with E-state index in [9.17, 15) is 4.79 Å². The van der Waals surface area contributed by atoms with Crippen molar-refractivity contribution < 1.29 is 4.79 Å². The van der Waals surface area contributed by atoms with Crippen LogP contribution in [0.15, 0.2) is 55.0 Å². The first-order chi connectivity index (χ1) is 12.2. The Morgan fingerprint density at radius 2 is 2.04 bits per heavy atom. The number of hydrogen-bond acceptors (Lipinski definition) is 3. The first-order valence-corrected chi connectivity index (χ1v) is 8.62. The van der Waals surface area contributed by atoms with Crippen LogP contribution in [0.25, 0.3) is 5.69 Å². The molecule has 1 fully saturated rings. The van der Waals surface area contributed by atoms with Crippen LogP contribution in [0, 0.1) is 6.92 Å². The number of rotatable bonds is 4. The quantitative estimate of drug-likeness (QED) is 0.736. The van der Waals surface area contributed by atoms with E-state index in [0.717, 1.165) is 37.3 Å². The second-order valence-electron chi connectivity index (χ2n) is 6.41. The van der Waals surface area contributed by atoms with Crippen LogP contribution >= 0.6 is 0 Å². The predicted octanol–water partition coefficient (Wildman–Crippen LogP) is 2.68. The summed E-state index contributed by atoms with van der Waals surface area (Å²) in [6.07, 6.45) is 7.45. The molecule has 1 aliphatic heterocycles. The average Bonchev–Trinajstić information content (AvgIpc) is 3.37. The maximum absolute atomic E-state index is 13.1. The molecule has 0 N–H and O–H groups in total. The number of amides is 1. The van der Waals surface area contributed by atoms with Gasteiger partial charge < -0.3 is 4.90 Å². The van der Waals surface area contributed by atoms with Crippen LogP contribution in [0.5, 0.6) is 0 Å². The number of likely N-dealkylation sites (tertiary alicyclic amines) is 1.